The number of carbonyl (C=O) groups excluding carboxylic acids is 1. The number of ketones is 1. The maximum Gasteiger partial charge on any atom is 0.418 e. The van der Waals surface area contributed by atoms with E-state index in [0.717, 1.165) is 6.07 Å². The van der Waals surface area contributed by atoms with Crippen molar-refractivity contribution < 1.29 is 32.6 Å². The van der Waals surface area contributed by atoms with Crippen LogP contribution < -0.4 is 4.74 Å². The molecule has 0 aliphatic rings. The first kappa shape index (κ1) is 27.2. The molecule has 0 fully saturated rings. The third-order valence-electron chi connectivity index (χ3n) is 6.26. The zero-order valence-electron chi connectivity index (χ0n) is 21.3. The molecule has 0 amide bonds. The Kier molecular flexibility index (Phi) is 7.53. The average Bonchev–Trinajstić information content (AvgIpc) is 2.98. The zero-order valence-corrected chi connectivity index (χ0v) is 21.3. The van der Waals surface area contributed by atoms with Crippen molar-refractivity contribution in [3.63, 3.8) is 0 Å². The molecule has 5 aromatic rings. The summed E-state index contributed by atoms with van der Waals surface area (Å²) < 4.78 is 47.3. The second kappa shape index (κ2) is 11.4. The van der Waals surface area contributed by atoms with Gasteiger partial charge in [-0.25, -0.2) is 4.79 Å². The van der Waals surface area contributed by atoms with Gasteiger partial charge in [0.25, 0.3) is 0 Å². The average molecular weight is 552 g/mol. The lowest BCUT2D eigenvalue weighted by Gasteiger charge is -2.16. The van der Waals surface area contributed by atoms with Gasteiger partial charge in [-0.15, -0.1) is 0 Å². The van der Waals surface area contributed by atoms with Crippen molar-refractivity contribution in [3.8, 4) is 28.7 Å². The van der Waals surface area contributed by atoms with Crippen LogP contribution in [0.1, 0.15) is 37.4 Å². The van der Waals surface area contributed by atoms with E-state index < -0.39 is 17.7 Å². The van der Waals surface area contributed by atoms with Crippen molar-refractivity contribution >= 4 is 22.7 Å². The zero-order chi connectivity index (χ0) is 29.0. The van der Waals surface area contributed by atoms with Gasteiger partial charge < -0.3 is 9.84 Å². The molecular weight excluding hydrogens is 531 g/mol. The Morgan fingerprint density at radius 3 is 2.34 bits per heavy atom. The number of para-hydroxylation sites is 1. The van der Waals surface area contributed by atoms with E-state index in [2.05, 4.69) is 16.8 Å². The minimum atomic E-state index is -4.64. The lowest BCUT2D eigenvalue weighted by molar-refractivity contribution is -0.136. The van der Waals surface area contributed by atoms with Gasteiger partial charge in [0.1, 0.15) is 12.4 Å². The molecule has 1 aromatic heterocycles. The quantitative estimate of drug-likeness (QED) is 0.177. The number of nitrogens with zero attached hydrogens (tertiary/aromatic N) is 1. The van der Waals surface area contributed by atoms with E-state index in [-0.39, 0.29) is 34.4 Å². The number of rotatable bonds is 6. The number of hydrogen-bond donors (Lipinski definition) is 1. The maximum absolute atomic E-state index is 13.8. The highest BCUT2D eigenvalue weighted by Gasteiger charge is 2.34. The Morgan fingerprint density at radius 2 is 1.59 bits per heavy atom. The highest BCUT2D eigenvalue weighted by molar-refractivity contribution is 6.16. The van der Waals surface area contributed by atoms with Crippen LogP contribution in [0.3, 0.4) is 0 Å². The van der Waals surface area contributed by atoms with Gasteiger partial charge in [0.15, 0.2) is 5.78 Å². The summed E-state index contributed by atoms with van der Waals surface area (Å²) in [6.45, 7) is -0.0358. The molecule has 0 aliphatic carbocycles. The van der Waals surface area contributed by atoms with E-state index in [1.165, 1.54) is 30.5 Å². The number of halogens is 3. The number of carboxylic acids is 1. The first-order valence-corrected chi connectivity index (χ1v) is 12.4. The standard InChI is InChI=1S/C33H20F3NO4/c34-33(35,36)28-16-6-15-26-29(27(20-37-30(26)28)31(38)22-10-2-1-3-11-22)23-12-5-14-25(19-23)41-17-7-9-21-8-4-13-24(18-21)32(39)40/h1-6,8,10-16,18-20H,17H2,(H,39,40). The topological polar surface area (TPSA) is 76.5 Å². The number of benzene rings is 4. The fraction of sp³-hybridized carbons (Fsp3) is 0.0606. The Morgan fingerprint density at radius 1 is 0.854 bits per heavy atom. The van der Waals surface area contributed by atoms with Gasteiger partial charge in [0.05, 0.1) is 16.6 Å². The number of pyridine rings is 1. The largest absolute Gasteiger partial charge is 0.481 e. The van der Waals surface area contributed by atoms with Crippen LogP contribution in [0.2, 0.25) is 0 Å². The predicted octanol–water partition coefficient (Wildman–Crippen LogP) is 7.28. The summed E-state index contributed by atoms with van der Waals surface area (Å²) in [4.78, 5) is 28.8. The van der Waals surface area contributed by atoms with Gasteiger partial charge >= 0.3 is 12.1 Å². The van der Waals surface area contributed by atoms with Gasteiger partial charge in [-0.3, -0.25) is 9.78 Å². The molecule has 8 heteroatoms. The van der Waals surface area contributed by atoms with Crippen LogP contribution in [0.4, 0.5) is 13.2 Å². The molecule has 1 heterocycles. The Labute approximate surface area is 232 Å². The van der Waals surface area contributed by atoms with Gasteiger partial charge in [0.2, 0.25) is 0 Å². The normalized spacial score (nSPS) is 11.0. The molecule has 0 bridgehead atoms. The molecule has 5 nitrogen and oxygen atoms in total. The Bertz CT molecular complexity index is 1840. The molecule has 0 radical (unpaired) electrons. The lowest BCUT2D eigenvalue weighted by atomic mass is 9.91. The molecule has 41 heavy (non-hydrogen) atoms. The van der Waals surface area contributed by atoms with Gasteiger partial charge in [-0.1, -0.05) is 72.5 Å². The van der Waals surface area contributed by atoms with E-state index in [1.54, 1.807) is 66.7 Å². The number of carboxylic acid groups (broad SMARTS) is 1. The molecule has 1 N–H and O–H groups in total. The third-order valence-corrected chi connectivity index (χ3v) is 6.26. The van der Waals surface area contributed by atoms with E-state index >= 15 is 0 Å². The van der Waals surface area contributed by atoms with Crippen molar-refractivity contribution in [2.24, 2.45) is 0 Å². The van der Waals surface area contributed by atoms with Gasteiger partial charge in [0, 0.05) is 33.8 Å². The summed E-state index contributed by atoms with van der Waals surface area (Å²) in [6.07, 6.45) is -3.45. The van der Waals surface area contributed by atoms with Crippen molar-refractivity contribution in [1.82, 2.24) is 4.98 Å². The summed E-state index contributed by atoms with van der Waals surface area (Å²) in [5.41, 5.74) is 0.756. The second-order valence-electron chi connectivity index (χ2n) is 8.95. The van der Waals surface area contributed by atoms with Crippen LogP contribution >= 0.6 is 0 Å². The summed E-state index contributed by atoms with van der Waals surface area (Å²) >= 11 is 0. The van der Waals surface area contributed by atoms with Crippen molar-refractivity contribution in [3.05, 3.63) is 131 Å². The van der Waals surface area contributed by atoms with E-state index in [9.17, 15) is 22.8 Å². The minimum absolute atomic E-state index is 0.0358. The monoisotopic (exact) mass is 551 g/mol. The molecule has 0 atom stereocenters. The molecule has 0 spiro atoms. The second-order valence-corrected chi connectivity index (χ2v) is 8.95. The number of carbonyl (C=O) groups is 2. The summed E-state index contributed by atoms with van der Waals surface area (Å²) in [5, 5.41) is 9.31. The molecule has 5 rings (SSSR count). The van der Waals surface area contributed by atoms with E-state index in [4.69, 9.17) is 9.84 Å². The number of fused-ring (bicyclic) bond motifs is 1. The first-order valence-electron chi connectivity index (χ1n) is 12.4. The molecule has 0 saturated heterocycles. The van der Waals surface area contributed by atoms with Crippen LogP contribution in [0.15, 0.2) is 103 Å². The number of ether oxygens (including phenoxy) is 1. The van der Waals surface area contributed by atoms with Crippen LogP contribution in [0.5, 0.6) is 5.75 Å². The Balaban J connectivity index is 1.54. The van der Waals surface area contributed by atoms with Crippen molar-refractivity contribution in [2.75, 3.05) is 6.61 Å². The van der Waals surface area contributed by atoms with Crippen LogP contribution in [0.25, 0.3) is 22.0 Å². The van der Waals surface area contributed by atoms with Crippen LogP contribution in [-0.4, -0.2) is 28.4 Å². The smallest absolute Gasteiger partial charge is 0.418 e. The fourth-order valence-electron chi connectivity index (χ4n) is 4.41. The summed E-state index contributed by atoms with van der Waals surface area (Å²) in [7, 11) is 0. The number of alkyl halides is 3. The number of aromatic carboxylic acids is 1. The van der Waals surface area contributed by atoms with E-state index in [0.29, 0.717) is 28.0 Å². The van der Waals surface area contributed by atoms with Crippen LogP contribution in [0, 0.1) is 11.8 Å². The van der Waals surface area contributed by atoms with Crippen molar-refractivity contribution in [1.29, 1.82) is 0 Å². The summed E-state index contributed by atoms with van der Waals surface area (Å²) in [6, 6.07) is 25.0. The summed E-state index contributed by atoms with van der Waals surface area (Å²) in [5.74, 6) is 4.61. The SMILES string of the molecule is O=C(O)c1cccc(C#CCOc2cccc(-c3c(C(=O)c4ccccc4)cnc4c(C(F)(F)F)cccc34)c2)c1. The first-order chi connectivity index (χ1) is 19.7. The number of hydrogen-bond acceptors (Lipinski definition) is 4. The minimum Gasteiger partial charge on any atom is -0.481 e. The number of aromatic nitrogens is 1. The lowest BCUT2D eigenvalue weighted by Crippen LogP contribution is -2.09. The highest BCUT2D eigenvalue weighted by atomic mass is 19.4. The fourth-order valence-corrected chi connectivity index (χ4v) is 4.41. The molecule has 202 valence electrons. The van der Waals surface area contributed by atoms with Crippen LogP contribution in [-0.2, 0) is 6.18 Å². The van der Waals surface area contributed by atoms with Gasteiger partial charge in [-0.2, -0.15) is 13.2 Å². The molecule has 0 saturated carbocycles. The highest BCUT2D eigenvalue weighted by Crippen LogP contribution is 2.39. The predicted molar refractivity (Wildman–Crippen MR) is 148 cm³/mol. The van der Waals surface area contributed by atoms with Gasteiger partial charge in [-0.05, 0) is 42.0 Å². The molecule has 0 aliphatic heterocycles. The maximum atomic E-state index is 13.8. The van der Waals surface area contributed by atoms with Crippen molar-refractivity contribution in [2.45, 2.75) is 6.18 Å². The molecule has 0 unspecified atom stereocenters. The molecule has 4 aromatic carbocycles. The molecular formula is C33H20F3NO4. The third kappa shape index (κ3) is 5.94. The van der Waals surface area contributed by atoms with E-state index in [1.807, 2.05) is 0 Å². The Hall–Kier alpha value is -5.42.